The standard InChI is InChI=1S/C18H14ClF2N3OS.ClH/c1-24-14(9-17(25)23-16-7-11(19)5-6-15(16)21)10-26-18(24)22-13-4-2-3-12(20)8-13;/h2-8,10H,9H2,1H3,(H,23,25);1H. The molecular formula is C18H15Cl2F2N3OS. The van der Waals surface area contributed by atoms with Crippen molar-refractivity contribution in [2.24, 2.45) is 12.0 Å². The maximum atomic E-state index is 13.7. The molecule has 0 aliphatic heterocycles. The van der Waals surface area contributed by atoms with Gasteiger partial charge >= 0.3 is 0 Å². The third-order valence-electron chi connectivity index (χ3n) is 3.60. The van der Waals surface area contributed by atoms with Gasteiger partial charge in [0, 0.05) is 23.1 Å². The van der Waals surface area contributed by atoms with Gasteiger partial charge in [0.05, 0.1) is 17.8 Å². The molecule has 0 saturated carbocycles. The number of thiazole rings is 1. The smallest absolute Gasteiger partial charge is 0.230 e. The highest BCUT2D eigenvalue weighted by molar-refractivity contribution is 7.07. The van der Waals surface area contributed by atoms with Gasteiger partial charge in [-0.3, -0.25) is 4.79 Å². The first-order valence-corrected chi connectivity index (χ1v) is 8.87. The molecule has 0 atom stereocenters. The highest BCUT2D eigenvalue weighted by Crippen LogP contribution is 2.20. The SMILES string of the molecule is Cl.Cn1c(CC(=O)Nc2cc(Cl)ccc2F)csc1=Nc1cccc(F)c1. The summed E-state index contributed by atoms with van der Waals surface area (Å²) in [5.41, 5.74) is 1.22. The van der Waals surface area contributed by atoms with E-state index in [4.69, 9.17) is 11.6 Å². The third kappa shape index (κ3) is 5.38. The van der Waals surface area contributed by atoms with Crippen LogP contribution in [0.4, 0.5) is 20.2 Å². The zero-order valence-electron chi connectivity index (χ0n) is 14.1. The highest BCUT2D eigenvalue weighted by Gasteiger charge is 2.11. The summed E-state index contributed by atoms with van der Waals surface area (Å²) in [6, 6.07) is 9.90. The molecule has 0 bridgehead atoms. The Hall–Kier alpha value is -2.22. The van der Waals surface area contributed by atoms with Gasteiger partial charge in [-0.05, 0) is 36.4 Å². The molecule has 3 rings (SSSR count). The number of nitrogens with one attached hydrogen (secondary N) is 1. The molecule has 1 amide bonds. The Kier molecular flexibility index (Phi) is 7.12. The lowest BCUT2D eigenvalue weighted by molar-refractivity contribution is -0.115. The Morgan fingerprint density at radius 1 is 1.26 bits per heavy atom. The number of amides is 1. The van der Waals surface area contributed by atoms with Crippen LogP contribution in [0.25, 0.3) is 0 Å². The Bertz CT molecular complexity index is 1030. The molecule has 27 heavy (non-hydrogen) atoms. The van der Waals surface area contributed by atoms with E-state index in [0.717, 1.165) is 0 Å². The number of aromatic nitrogens is 1. The molecule has 1 N–H and O–H groups in total. The number of rotatable bonds is 4. The zero-order chi connectivity index (χ0) is 18.7. The molecule has 0 saturated heterocycles. The molecular weight excluding hydrogens is 415 g/mol. The summed E-state index contributed by atoms with van der Waals surface area (Å²) in [6.45, 7) is 0. The summed E-state index contributed by atoms with van der Waals surface area (Å²) >= 11 is 7.15. The van der Waals surface area contributed by atoms with Gasteiger partial charge in [0.2, 0.25) is 5.91 Å². The number of hydrogen-bond donors (Lipinski definition) is 1. The summed E-state index contributed by atoms with van der Waals surface area (Å²) in [4.78, 5) is 17.2. The van der Waals surface area contributed by atoms with Crippen molar-refractivity contribution in [2.75, 3.05) is 5.32 Å². The average Bonchev–Trinajstić information content (AvgIpc) is 2.91. The molecule has 1 heterocycles. The minimum atomic E-state index is -0.556. The van der Waals surface area contributed by atoms with E-state index in [1.165, 1.54) is 41.7 Å². The van der Waals surface area contributed by atoms with E-state index in [-0.39, 0.29) is 36.2 Å². The monoisotopic (exact) mass is 429 g/mol. The third-order valence-corrected chi connectivity index (χ3v) is 4.80. The van der Waals surface area contributed by atoms with Crippen LogP contribution >= 0.6 is 35.3 Å². The summed E-state index contributed by atoms with van der Waals surface area (Å²) in [5, 5.41) is 4.62. The first kappa shape index (κ1) is 21.1. The van der Waals surface area contributed by atoms with Gasteiger partial charge in [0.1, 0.15) is 11.6 Å². The van der Waals surface area contributed by atoms with Crippen molar-refractivity contribution >= 4 is 52.6 Å². The fourth-order valence-electron chi connectivity index (χ4n) is 2.27. The predicted molar refractivity (Wildman–Crippen MR) is 106 cm³/mol. The average molecular weight is 430 g/mol. The first-order chi connectivity index (χ1) is 12.4. The molecule has 0 unspecified atom stereocenters. The molecule has 9 heteroatoms. The van der Waals surface area contributed by atoms with E-state index >= 15 is 0 Å². The molecule has 0 aliphatic carbocycles. The van der Waals surface area contributed by atoms with E-state index in [1.54, 1.807) is 29.1 Å². The first-order valence-electron chi connectivity index (χ1n) is 7.61. The molecule has 2 aromatic carbocycles. The summed E-state index contributed by atoms with van der Waals surface area (Å²) in [5.74, 6) is -1.30. The van der Waals surface area contributed by atoms with Crippen LogP contribution in [0.1, 0.15) is 5.69 Å². The molecule has 3 aromatic rings. The van der Waals surface area contributed by atoms with Gasteiger partial charge in [-0.15, -0.1) is 23.7 Å². The normalized spacial score (nSPS) is 11.2. The molecule has 0 aliphatic rings. The van der Waals surface area contributed by atoms with Crippen LogP contribution in [0.15, 0.2) is 52.8 Å². The van der Waals surface area contributed by atoms with Crippen molar-refractivity contribution in [1.29, 1.82) is 0 Å². The van der Waals surface area contributed by atoms with Crippen LogP contribution in [0.2, 0.25) is 5.02 Å². The number of benzene rings is 2. The zero-order valence-corrected chi connectivity index (χ0v) is 16.5. The predicted octanol–water partition coefficient (Wildman–Crippen LogP) is 4.85. The number of carbonyl (C=O) groups is 1. The fraction of sp³-hybridized carbons (Fsp3) is 0.111. The summed E-state index contributed by atoms with van der Waals surface area (Å²) in [6.07, 6.45) is 0.0393. The van der Waals surface area contributed by atoms with Gasteiger partial charge in [-0.1, -0.05) is 17.7 Å². The summed E-state index contributed by atoms with van der Waals surface area (Å²) in [7, 11) is 1.76. The van der Waals surface area contributed by atoms with Crippen LogP contribution in [0, 0.1) is 11.6 Å². The van der Waals surface area contributed by atoms with E-state index in [2.05, 4.69) is 10.3 Å². The second-order valence-corrected chi connectivity index (χ2v) is 6.78. The fourth-order valence-corrected chi connectivity index (χ4v) is 3.36. The lowest BCUT2D eigenvalue weighted by Gasteiger charge is -2.07. The lowest BCUT2D eigenvalue weighted by Crippen LogP contribution is -2.20. The van der Waals surface area contributed by atoms with E-state index in [9.17, 15) is 13.6 Å². The van der Waals surface area contributed by atoms with Crippen molar-refractivity contribution in [3.05, 3.63) is 75.0 Å². The topological polar surface area (TPSA) is 46.4 Å². The minimum absolute atomic E-state index is 0. The number of carbonyl (C=O) groups excluding carboxylic acids is 1. The highest BCUT2D eigenvalue weighted by atomic mass is 35.5. The number of anilines is 1. The quantitative estimate of drug-likeness (QED) is 0.632. The molecule has 0 spiro atoms. The Morgan fingerprint density at radius 2 is 2.04 bits per heavy atom. The van der Waals surface area contributed by atoms with Crippen LogP contribution in [0.3, 0.4) is 0 Å². The van der Waals surface area contributed by atoms with Crippen molar-refractivity contribution in [3.63, 3.8) is 0 Å². The molecule has 0 radical (unpaired) electrons. The summed E-state index contributed by atoms with van der Waals surface area (Å²) < 4.78 is 28.7. The largest absolute Gasteiger partial charge is 0.323 e. The van der Waals surface area contributed by atoms with Gasteiger partial charge in [0.15, 0.2) is 4.80 Å². The van der Waals surface area contributed by atoms with Crippen molar-refractivity contribution in [1.82, 2.24) is 4.57 Å². The molecule has 1 aromatic heterocycles. The van der Waals surface area contributed by atoms with Crippen LogP contribution in [0.5, 0.6) is 0 Å². The molecule has 142 valence electrons. The molecule has 0 fully saturated rings. The van der Waals surface area contributed by atoms with Gasteiger partial charge in [-0.2, -0.15) is 0 Å². The second-order valence-electron chi connectivity index (χ2n) is 5.51. The van der Waals surface area contributed by atoms with Crippen LogP contribution in [-0.2, 0) is 18.3 Å². The van der Waals surface area contributed by atoms with Crippen molar-refractivity contribution in [3.8, 4) is 0 Å². The maximum absolute atomic E-state index is 13.7. The number of hydrogen-bond acceptors (Lipinski definition) is 3. The number of nitrogens with zero attached hydrogens (tertiary/aromatic N) is 2. The number of halogens is 4. The Balaban J connectivity index is 0.00000261. The van der Waals surface area contributed by atoms with E-state index in [0.29, 0.717) is 21.2 Å². The maximum Gasteiger partial charge on any atom is 0.230 e. The Morgan fingerprint density at radius 3 is 2.78 bits per heavy atom. The van der Waals surface area contributed by atoms with E-state index < -0.39 is 5.82 Å². The van der Waals surface area contributed by atoms with E-state index in [1.807, 2.05) is 0 Å². The van der Waals surface area contributed by atoms with Crippen LogP contribution < -0.4 is 10.1 Å². The van der Waals surface area contributed by atoms with Crippen molar-refractivity contribution in [2.45, 2.75) is 6.42 Å². The minimum Gasteiger partial charge on any atom is -0.323 e. The van der Waals surface area contributed by atoms with Gasteiger partial charge < -0.3 is 9.88 Å². The van der Waals surface area contributed by atoms with Gasteiger partial charge in [-0.25, -0.2) is 13.8 Å². The second kappa shape index (κ2) is 9.12. The van der Waals surface area contributed by atoms with Crippen LogP contribution in [-0.4, -0.2) is 10.5 Å². The Labute approximate surface area is 169 Å². The molecule has 4 nitrogen and oxygen atoms in total. The van der Waals surface area contributed by atoms with Crippen molar-refractivity contribution < 1.29 is 13.6 Å². The van der Waals surface area contributed by atoms with Gasteiger partial charge in [0.25, 0.3) is 0 Å². The lowest BCUT2D eigenvalue weighted by atomic mass is 10.2.